The van der Waals surface area contributed by atoms with E-state index in [1.807, 2.05) is 13.0 Å². The van der Waals surface area contributed by atoms with Gasteiger partial charge in [-0.05, 0) is 50.6 Å². The molecule has 7 nitrogen and oxygen atoms in total. The number of benzene rings is 2. The Balaban J connectivity index is 1.72. The van der Waals surface area contributed by atoms with E-state index in [4.69, 9.17) is 16.3 Å². The zero-order chi connectivity index (χ0) is 26.1. The smallest absolute Gasteiger partial charge is 0.251 e. The molecule has 0 bridgehead atoms. The molecule has 2 heterocycles. The first-order valence-electron chi connectivity index (χ1n) is 11.2. The van der Waals surface area contributed by atoms with Crippen LogP contribution in [0, 0.1) is 18.6 Å². The summed E-state index contributed by atoms with van der Waals surface area (Å²) in [6, 6.07) is 9.05. The second-order valence-corrected chi connectivity index (χ2v) is 8.99. The number of aromatic nitrogens is 3. The maximum Gasteiger partial charge on any atom is 0.251 e. The van der Waals surface area contributed by atoms with Gasteiger partial charge >= 0.3 is 0 Å². The lowest BCUT2D eigenvalue weighted by molar-refractivity contribution is -0.139. The summed E-state index contributed by atoms with van der Waals surface area (Å²) in [6.45, 7) is 4.86. The lowest BCUT2D eigenvalue weighted by Crippen LogP contribution is -2.37. The van der Waals surface area contributed by atoms with E-state index >= 15 is 0 Å². The Bertz CT molecular complexity index is 1440. The van der Waals surface area contributed by atoms with E-state index in [0.29, 0.717) is 39.2 Å². The van der Waals surface area contributed by atoms with Crippen LogP contribution in [0.3, 0.4) is 0 Å². The van der Waals surface area contributed by atoms with Crippen LogP contribution in [0.2, 0.25) is 5.02 Å². The van der Waals surface area contributed by atoms with Gasteiger partial charge in [0.2, 0.25) is 0 Å². The average Bonchev–Trinajstić information content (AvgIpc) is 3.27. The number of halogens is 3. The summed E-state index contributed by atoms with van der Waals surface area (Å²) >= 11 is 6.41. The number of nitrogens with zero attached hydrogens (tertiary/aromatic N) is 4. The molecule has 2 atom stereocenters. The minimum Gasteiger partial charge on any atom is -0.487 e. The Morgan fingerprint density at radius 1 is 1.22 bits per heavy atom. The molecule has 0 aliphatic carbocycles. The third-order valence-electron chi connectivity index (χ3n) is 6.01. The van der Waals surface area contributed by atoms with E-state index in [0.717, 1.165) is 6.20 Å². The number of aryl methyl sites for hydroxylation is 1. The van der Waals surface area contributed by atoms with Gasteiger partial charge in [-0.2, -0.15) is 5.10 Å². The standard InChI is InChI=1S/C26H25ClF2N4O3/c1-14-8-23(33-12-18(29)11-30-33)19-6-5-7-24(25(19)31-14)36-13-21-20(9-17(28)10-22(21)27)15(2)32(4)26(35)16(3)34/h5-12,15-16,34H,13H2,1-4H3/t15-,16-/m0/s1. The Morgan fingerprint density at radius 3 is 2.64 bits per heavy atom. The molecule has 2 aromatic heterocycles. The number of carbonyl (C=O) groups is 1. The summed E-state index contributed by atoms with van der Waals surface area (Å²) in [6.07, 6.45) is 1.20. The fraction of sp³-hybridized carbons (Fsp3) is 0.269. The minimum absolute atomic E-state index is 0.0318. The number of carbonyl (C=O) groups excluding carboxylic acids is 1. The minimum atomic E-state index is -1.20. The number of para-hydroxylation sites is 1. The molecule has 188 valence electrons. The van der Waals surface area contributed by atoms with Crippen LogP contribution in [0.4, 0.5) is 8.78 Å². The van der Waals surface area contributed by atoms with Crippen molar-refractivity contribution >= 4 is 28.4 Å². The molecule has 0 unspecified atom stereocenters. The molecule has 0 radical (unpaired) electrons. The third kappa shape index (κ3) is 5.03. The SMILES string of the molecule is Cc1cc(-n2cc(F)cn2)c2cccc(OCc3c(Cl)cc(F)cc3[C@H](C)N(C)C(=O)[C@H](C)O)c2n1. The number of aliphatic hydroxyl groups excluding tert-OH is 1. The number of pyridine rings is 1. The largest absolute Gasteiger partial charge is 0.487 e. The number of amides is 1. The predicted octanol–water partition coefficient (Wildman–Crippen LogP) is 5.14. The maximum absolute atomic E-state index is 14.3. The van der Waals surface area contributed by atoms with Crippen LogP contribution in [0.25, 0.3) is 16.6 Å². The summed E-state index contributed by atoms with van der Waals surface area (Å²) in [5, 5.41) is 14.6. The van der Waals surface area contributed by atoms with Gasteiger partial charge in [0.05, 0.1) is 29.1 Å². The predicted molar refractivity (Wildman–Crippen MR) is 132 cm³/mol. The molecule has 1 N–H and O–H groups in total. The number of aliphatic hydroxyl groups is 1. The molecule has 0 fully saturated rings. The molecule has 0 saturated carbocycles. The van der Waals surface area contributed by atoms with Crippen molar-refractivity contribution in [1.29, 1.82) is 0 Å². The molecule has 0 aliphatic heterocycles. The fourth-order valence-corrected chi connectivity index (χ4v) is 4.33. The Hall–Kier alpha value is -3.56. The topological polar surface area (TPSA) is 80.5 Å². The van der Waals surface area contributed by atoms with Gasteiger partial charge in [-0.15, -0.1) is 0 Å². The Kier molecular flexibility index (Phi) is 7.23. The molecule has 36 heavy (non-hydrogen) atoms. The zero-order valence-corrected chi connectivity index (χ0v) is 20.9. The van der Waals surface area contributed by atoms with E-state index in [1.165, 1.54) is 41.9 Å². The number of rotatable bonds is 7. The molecule has 4 rings (SSSR count). The van der Waals surface area contributed by atoms with Crippen LogP contribution in [0.1, 0.15) is 36.7 Å². The fourth-order valence-electron chi connectivity index (χ4n) is 4.06. The first kappa shape index (κ1) is 25.5. The van der Waals surface area contributed by atoms with E-state index < -0.39 is 29.7 Å². The number of hydrogen-bond acceptors (Lipinski definition) is 5. The van der Waals surface area contributed by atoms with Crippen molar-refractivity contribution in [2.45, 2.75) is 39.5 Å². The number of ether oxygens (including phenoxy) is 1. The quantitative estimate of drug-likeness (QED) is 0.369. The summed E-state index contributed by atoms with van der Waals surface area (Å²) in [4.78, 5) is 18.3. The van der Waals surface area contributed by atoms with Crippen molar-refractivity contribution in [2.75, 3.05) is 7.05 Å². The molecule has 10 heteroatoms. The Morgan fingerprint density at radius 2 is 1.97 bits per heavy atom. The van der Waals surface area contributed by atoms with Crippen molar-refractivity contribution < 1.29 is 23.4 Å². The van der Waals surface area contributed by atoms with E-state index in [2.05, 4.69) is 10.1 Å². The van der Waals surface area contributed by atoms with Gasteiger partial charge in [0.25, 0.3) is 5.91 Å². The molecular formula is C26H25ClF2N4O3. The molecule has 0 saturated heterocycles. The van der Waals surface area contributed by atoms with E-state index in [-0.39, 0.29) is 11.6 Å². The van der Waals surface area contributed by atoms with Crippen molar-refractivity contribution in [3.8, 4) is 11.4 Å². The van der Waals surface area contributed by atoms with Crippen LogP contribution in [0.5, 0.6) is 5.75 Å². The highest BCUT2D eigenvalue weighted by molar-refractivity contribution is 6.31. The van der Waals surface area contributed by atoms with Gasteiger partial charge in [0.15, 0.2) is 5.82 Å². The van der Waals surface area contributed by atoms with Crippen LogP contribution < -0.4 is 4.74 Å². The maximum atomic E-state index is 14.3. The lowest BCUT2D eigenvalue weighted by Gasteiger charge is -2.28. The first-order valence-corrected chi connectivity index (χ1v) is 11.6. The van der Waals surface area contributed by atoms with Crippen molar-refractivity contribution in [2.24, 2.45) is 0 Å². The zero-order valence-electron chi connectivity index (χ0n) is 20.2. The number of fused-ring (bicyclic) bond motifs is 1. The molecule has 1 amide bonds. The van der Waals surface area contributed by atoms with Crippen molar-refractivity contribution in [3.63, 3.8) is 0 Å². The molecule has 2 aromatic carbocycles. The summed E-state index contributed by atoms with van der Waals surface area (Å²) in [7, 11) is 1.53. The summed E-state index contributed by atoms with van der Waals surface area (Å²) in [5.74, 6) is -1.08. The van der Waals surface area contributed by atoms with Crippen LogP contribution in [0.15, 0.2) is 48.8 Å². The molecule has 4 aromatic rings. The highest BCUT2D eigenvalue weighted by Crippen LogP contribution is 2.33. The van der Waals surface area contributed by atoms with Crippen molar-refractivity contribution in [3.05, 3.63) is 82.3 Å². The normalized spacial score (nSPS) is 13.0. The number of likely N-dealkylation sites (N-methyl/N-ethyl adjacent to an activating group) is 1. The average molecular weight is 515 g/mol. The van der Waals surface area contributed by atoms with Gasteiger partial charge in [-0.1, -0.05) is 23.7 Å². The number of hydrogen-bond donors (Lipinski definition) is 1. The van der Waals surface area contributed by atoms with Gasteiger partial charge < -0.3 is 14.7 Å². The molecule has 0 spiro atoms. The van der Waals surface area contributed by atoms with Gasteiger partial charge in [0.1, 0.15) is 29.8 Å². The van der Waals surface area contributed by atoms with E-state index in [1.54, 1.807) is 25.1 Å². The Labute approximate surface area is 211 Å². The van der Waals surface area contributed by atoms with Crippen LogP contribution in [-0.4, -0.2) is 43.8 Å². The second-order valence-electron chi connectivity index (χ2n) is 8.58. The first-order chi connectivity index (χ1) is 17.1. The van der Waals surface area contributed by atoms with Crippen LogP contribution >= 0.6 is 11.6 Å². The van der Waals surface area contributed by atoms with Crippen LogP contribution in [-0.2, 0) is 11.4 Å². The van der Waals surface area contributed by atoms with Gasteiger partial charge in [0, 0.05) is 23.7 Å². The van der Waals surface area contributed by atoms with Gasteiger partial charge in [-0.3, -0.25) is 4.79 Å². The lowest BCUT2D eigenvalue weighted by atomic mass is 10.00. The monoisotopic (exact) mass is 514 g/mol. The summed E-state index contributed by atoms with van der Waals surface area (Å²) in [5.41, 5.74) is 2.80. The highest BCUT2D eigenvalue weighted by atomic mass is 35.5. The second kappa shape index (κ2) is 10.2. The van der Waals surface area contributed by atoms with Gasteiger partial charge in [-0.25, -0.2) is 18.4 Å². The molecular weight excluding hydrogens is 490 g/mol. The highest BCUT2D eigenvalue weighted by Gasteiger charge is 2.25. The third-order valence-corrected chi connectivity index (χ3v) is 6.35. The van der Waals surface area contributed by atoms with E-state index in [9.17, 15) is 18.7 Å². The molecule has 0 aliphatic rings. The van der Waals surface area contributed by atoms with Crippen molar-refractivity contribution in [1.82, 2.24) is 19.7 Å². The summed E-state index contributed by atoms with van der Waals surface area (Å²) < 4.78 is 35.5.